The van der Waals surface area contributed by atoms with Gasteiger partial charge in [0.05, 0.1) is 6.61 Å². The van der Waals surface area contributed by atoms with E-state index in [4.69, 9.17) is 4.74 Å². The van der Waals surface area contributed by atoms with Crippen LogP contribution in [0.25, 0.3) is 0 Å². The van der Waals surface area contributed by atoms with Crippen molar-refractivity contribution in [2.75, 3.05) is 18.5 Å². The zero-order valence-electron chi connectivity index (χ0n) is 10.8. The minimum atomic E-state index is -0.113. The Kier molecular flexibility index (Phi) is 6.69. The SMILES string of the molecule is CCOC(=O)CCCCCNc1cccc(O)c1. The van der Waals surface area contributed by atoms with Crippen molar-refractivity contribution in [3.63, 3.8) is 0 Å². The van der Waals surface area contributed by atoms with Gasteiger partial charge in [0.1, 0.15) is 5.75 Å². The maximum Gasteiger partial charge on any atom is 0.305 e. The van der Waals surface area contributed by atoms with Crippen molar-refractivity contribution in [2.45, 2.75) is 32.6 Å². The molecule has 0 bridgehead atoms. The lowest BCUT2D eigenvalue weighted by molar-refractivity contribution is -0.143. The highest BCUT2D eigenvalue weighted by Gasteiger charge is 2.00. The summed E-state index contributed by atoms with van der Waals surface area (Å²) in [7, 11) is 0. The number of carbonyl (C=O) groups excluding carboxylic acids is 1. The van der Waals surface area contributed by atoms with E-state index >= 15 is 0 Å². The highest BCUT2D eigenvalue weighted by molar-refractivity contribution is 5.69. The molecule has 18 heavy (non-hydrogen) atoms. The van der Waals surface area contributed by atoms with Crippen LogP contribution in [0.3, 0.4) is 0 Å². The van der Waals surface area contributed by atoms with E-state index in [0.29, 0.717) is 13.0 Å². The van der Waals surface area contributed by atoms with E-state index in [0.717, 1.165) is 31.5 Å². The molecule has 0 fully saturated rings. The number of carbonyl (C=O) groups is 1. The van der Waals surface area contributed by atoms with Crippen LogP contribution in [0.1, 0.15) is 32.6 Å². The molecular weight excluding hydrogens is 230 g/mol. The minimum absolute atomic E-state index is 0.113. The monoisotopic (exact) mass is 251 g/mol. The van der Waals surface area contributed by atoms with E-state index in [1.54, 1.807) is 18.2 Å². The molecule has 0 spiro atoms. The molecule has 0 saturated carbocycles. The smallest absolute Gasteiger partial charge is 0.305 e. The molecule has 100 valence electrons. The van der Waals surface area contributed by atoms with Gasteiger partial charge in [-0.25, -0.2) is 0 Å². The van der Waals surface area contributed by atoms with Crippen LogP contribution in [-0.4, -0.2) is 24.2 Å². The van der Waals surface area contributed by atoms with Crippen LogP contribution in [0.15, 0.2) is 24.3 Å². The topological polar surface area (TPSA) is 58.6 Å². The highest BCUT2D eigenvalue weighted by Crippen LogP contribution is 2.15. The predicted molar refractivity (Wildman–Crippen MR) is 71.7 cm³/mol. The molecule has 0 unspecified atom stereocenters. The van der Waals surface area contributed by atoms with E-state index in [1.165, 1.54) is 0 Å². The molecule has 1 rings (SSSR count). The van der Waals surface area contributed by atoms with Crippen molar-refractivity contribution in [2.24, 2.45) is 0 Å². The van der Waals surface area contributed by atoms with Crippen molar-refractivity contribution in [1.82, 2.24) is 0 Å². The number of anilines is 1. The number of phenolic OH excluding ortho intramolecular Hbond substituents is 1. The average Bonchev–Trinajstić information content (AvgIpc) is 2.34. The van der Waals surface area contributed by atoms with Gasteiger partial charge >= 0.3 is 5.97 Å². The Morgan fingerprint density at radius 1 is 1.33 bits per heavy atom. The molecule has 4 nitrogen and oxygen atoms in total. The lowest BCUT2D eigenvalue weighted by atomic mass is 10.2. The summed E-state index contributed by atoms with van der Waals surface area (Å²) in [5.41, 5.74) is 0.917. The van der Waals surface area contributed by atoms with Crippen LogP contribution >= 0.6 is 0 Å². The number of hydrogen-bond acceptors (Lipinski definition) is 4. The molecule has 0 aliphatic rings. The Balaban J connectivity index is 2.04. The molecule has 0 aromatic heterocycles. The molecule has 0 heterocycles. The van der Waals surface area contributed by atoms with Gasteiger partial charge in [-0.2, -0.15) is 0 Å². The Labute approximate surface area is 108 Å². The molecule has 1 aromatic rings. The van der Waals surface area contributed by atoms with Crippen LogP contribution in [-0.2, 0) is 9.53 Å². The summed E-state index contributed by atoms with van der Waals surface area (Å²) in [6, 6.07) is 7.06. The van der Waals surface area contributed by atoms with E-state index in [-0.39, 0.29) is 11.7 Å². The second kappa shape index (κ2) is 8.39. The lowest BCUT2D eigenvalue weighted by Gasteiger charge is -2.06. The molecule has 2 N–H and O–H groups in total. The van der Waals surface area contributed by atoms with Gasteiger partial charge in [-0.05, 0) is 31.9 Å². The van der Waals surface area contributed by atoms with Gasteiger partial charge in [0.15, 0.2) is 0 Å². The molecule has 0 aliphatic heterocycles. The van der Waals surface area contributed by atoms with Crippen molar-refractivity contribution in [1.29, 1.82) is 0 Å². The molecule has 1 aromatic carbocycles. The fourth-order valence-corrected chi connectivity index (χ4v) is 1.65. The molecule has 0 atom stereocenters. The van der Waals surface area contributed by atoms with Gasteiger partial charge < -0.3 is 15.2 Å². The number of unbranched alkanes of at least 4 members (excludes halogenated alkanes) is 2. The van der Waals surface area contributed by atoms with Crippen LogP contribution < -0.4 is 5.32 Å². The molecule has 0 saturated heterocycles. The maximum atomic E-state index is 11.1. The molecule has 0 aliphatic carbocycles. The van der Waals surface area contributed by atoms with Crippen molar-refractivity contribution in [3.8, 4) is 5.75 Å². The Bertz CT molecular complexity index is 366. The Morgan fingerprint density at radius 2 is 2.17 bits per heavy atom. The minimum Gasteiger partial charge on any atom is -0.508 e. The second-order valence-electron chi connectivity index (χ2n) is 4.09. The fraction of sp³-hybridized carbons (Fsp3) is 0.500. The lowest BCUT2D eigenvalue weighted by Crippen LogP contribution is -2.04. The number of aromatic hydroxyl groups is 1. The number of ether oxygens (including phenoxy) is 1. The van der Waals surface area contributed by atoms with Crippen molar-refractivity contribution < 1.29 is 14.6 Å². The van der Waals surface area contributed by atoms with Gasteiger partial charge in [-0.1, -0.05) is 12.5 Å². The molecule has 0 radical (unpaired) electrons. The summed E-state index contributed by atoms with van der Waals surface area (Å²) >= 11 is 0. The van der Waals surface area contributed by atoms with Gasteiger partial charge in [0.25, 0.3) is 0 Å². The third kappa shape index (κ3) is 6.13. The van der Waals surface area contributed by atoms with Gasteiger partial charge in [-0.15, -0.1) is 0 Å². The average molecular weight is 251 g/mol. The van der Waals surface area contributed by atoms with Gasteiger partial charge in [0.2, 0.25) is 0 Å². The number of phenols is 1. The number of rotatable bonds is 8. The maximum absolute atomic E-state index is 11.1. The molecule has 4 heteroatoms. The largest absolute Gasteiger partial charge is 0.508 e. The first-order valence-corrected chi connectivity index (χ1v) is 6.41. The summed E-state index contributed by atoms with van der Waals surface area (Å²) in [5.74, 6) is 0.153. The second-order valence-corrected chi connectivity index (χ2v) is 4.09. The van der Waals surface area contributed by atoms with E-state index < -0.39 is 0 Å². The highest BCUT2D eigenvalue weighted by atomic mass is 16.5. The molecule has 0 amide bonds. The Hall–Kier alpha value is -1.71. The normalized spacial score (nSPS) is 10.1. The first kappa shape index (κ1) is 14.4. The standard InChI is InChI=1S/C14H21NO3/c1-2-18-14(17)9-4-3-5-10-15-12-7-6-8-13(16)11-12/h6-8,11,15-16H,2-5,9-10H2,1H3. The van der Waals surface area contributed by atoms with Crippen molar-refractivity contribution >= 4 is 11.7 Å². The van der Waals surface area contributed by atoms with E-state index in [2.05, 4.69) is 5.32 Å². The van der Waals surface area contributed by atoms with Crippen molar-refractivity contribution in [3.05, 3.63) is 24.3 Å². The van der Waals surface area contributed by atoms with Crippen LogP contribution in [0.5, 0.6) is 5.75 Å². The summed E-state index contributed by atoms with van der Waals surface area (Å²) in [6.07, 6.45) is 3.35. The van der Waals surface area contributed by atoms with Crippen LogP contribution in [0.2, 0.25) is 0 Å². The zero-order chi connectivity index (χ0) is 13.2. The quantitative estimate of drug-likeness (QED) is 0.551. The van der Waals surface area contributed by atoms with Crippen LogP contribution in [0.4, 0.5) is 5.69 Å². The third-order valence-corrected chi connectivity index (χ3v) is 2.54. The summed E-state index contributed by atoms with van der Waals surface area (Å²) in [4.78, 5) is 11.1. The predicted octanol–water partition coefficient (Wildman–Crippen LogP) is 2.93. The first-order chi connectivity index (χ1) is 8.72. The summed E-state index contributed by atoms with van der Waals surface area (Å²) < 4.78 is 4.85. The number of benzene rings is 1. The summed E-state index contributed by atoms with van der Waals surface area (Å²) in [5, 5.41) is 12.5. The zero-order valence-corrected chi connectivity index (χ0v) is 10.8. The number of esters is 1. The van der Waals surface area contributed by atoms with Gasteiger partial charge in [-0.3, -0.25) is 4.79 Å². The first-order valence-electron chi connectivity index (χ1n) is 6.41. The number of hydrogen-bond donors (Lipinski definition) is 2. The molecular formula is C14H21NO3. The number of nitrogens with one attached hydrogen (secondary N) is 1. The van der Waals surface area contributed by atoms with E-state index in [1.807, 2.05) is 13.0 Å². The van der Waals surface area contributed by atoms with Gasteiger partial charge in [0, 0.05) is 24.7 Å². The Morgan fingerprint density at radius 3 is 2.89 bits per heavy atom. The fourth-order valence-electron chi connectivity index (χ4n) is 1.65. The van der Waals surface area contributed by atoms with E-state index in [9.17, 15) is 9.90 Å². The third-order valence-electron chi connectivity index (χ3n) is 2.54. The van der Waals surface area contributed by atoms with Crippen LogP contribution in [0, 0.1) is 0 Å². The summed E-state index contributed by atoms with van der Waals surface area (Å²) in [6.45, 7) is 3.11.